The van der Waals surface area contributed by atoms with Crippen molar-refractivity contribution in [3.05, 3.63) is 24.5 Å². The van der Waals surface area contributed by atoms with E-state index in [9.17, 15) is 0 Å². The second-order valence-corrected chi connectivity index (χ2v) is 5.89. The van der Waals surface area contributed by atoms with Gasteiger partial charge in [-0.15, -0.1) is 0 Å². The molecule has 1 aromatic carbocycles. The Balaban J connectivity index is 1.67. The third-order valence-electron chi connectivity index (χ3n) is 4.25. The normalized spacial score (nSPS) is 15.4. The number of hydrogen-bond acceptors (Lipinski definition) is 9. The van der Waals surface area contributed by atoms with Gasteiger partial charge in [0, 0.05) is 5.56 Å². The molecule has 1 aliphatic heterocycles. The number of hydrogen-bond donors (Lipinski definition) is 2. The number of anilines is 2. The minimum absolute atomic E-state index is 0.117. The van der Waals surface area contributed by atoms with E-state index in [1.165, 1.54) is 6.33 Å². The van der Waals surface area contributed by atoms with E-state index in [4.69, 9.17) is 25.4 Å². The van der Waals surface area contributed by atoms with E-state index in [2.05, 4.69) is 20.1 Å². The maximum Gasteiger partial charge on any atom is 0.292 e. The van der Waals surface area contributed by atoms with Gasteiger partial charge in [0.15, 0.2) is 17.5 Å². The number of nitrogens with zero attached hydrogens (tertiary/aromatic N) is 5. The van der Waals surface area contributed by atoms with E-state index in [-0.39, 0.29) is 12.3 Å². The predicted molar refractivity (Wildman–Crippen MR) is 92.8 cm³/mol. The summed E-state index contributed by atoms with van der Waals surface area (Å²) < 4.78 is 18.1. The van der Waals surface area contributed by atoms with Crippen LogP contribution in [0.5, 0.6) is 0 Å². The minimum atomic E-state index is -0.361. The lowest BCUT2D eigenvalue weighted by Gasteiger charge is -2.09. The first kappa shape index (κ1) is 15.0. The predicted octanol–water partition coefficient (Wildman–Crippen LogP) is 1.17. The van der Waals surface area contributed by atoms with Crippen LogP contribution < -0.4 is 11.5 Å². The summed E-state index contributed by atoms with van der Waals surface area (Å²) in [6.07, 6.45) is 1.05. The number of ether oxygens (including phenoxy) is 2. The van der Waals surface area contributed by atoms with E-state index < -0.39 is 0 Å². The first-order chi connectivity index (χ1) is 12.7. The van der Waals surface area contributed by atoms with Crippen LogP contribution in [0.1, 0.15) is 0 Å². The molecule has 5 rings (SSSR count). The van der Waals surface area contributed by atoms with Crippen LogP contribution in [-0.4, -0.2) is 44.2 Å². The van der Waals surface area contributed by atoms with Crippen LogP contribution in [0, 0.1) is 0 Å². The molecular weight excluding hydrogens is 338 g/mol. The molecule has 3 aromatic heterocycles. The molecule has 132 valence electrons. The van der Waals surface area contributed by atoms with Crippen LogP contribution >= 0.6 is 0 Å². The lowest BCUT2D eigenvalue weighted by atomic mass is 10.1. The molecule has 0 spiro atoms. The summed E-state index contributed by atoms with van der Waals surface area (Å²) in [5.74, 6) is 0.351. The zero-order valence-electron chi connectivity index (χ0n) is 13.6. The van der Waals surface area contributed by atoms with Crippen molar-refractivity contribution in [1.29, 1.82) is 0 Å². The molecule has 0 aliphatic carbocycles. The highest BCUT2D eigenvalue weighted by atomic mass is 16.7. The highest BCUT2D eigenvalue weighted by Crippen LogP contribution is 2.32. The summed E-state index contributed by atoms with van der Waals surface area (Å²) in [6, 6.07) is 5.62. The second kappa shape index (κ2) is 5.64. The summed E-state index contributed by atoms with van der Waals surface area (Å²) in [7, 11) is 0. The largest absolute Gasteiger partial charge is 0.424 e. The third kappa shape index (κ3) is 2.35. The lowest BCUT2D eigenvalue weighted by Crippen LogP contribution is -2.18. The summed E-state index contributed by atoms with van der Waals surface area (Å²) in [5.41, 5.74) is 15.1. The maximum atomic E-state index is 6.11. The number of rotatable bonds is 3. The molecule has 1 aliphatic rings. The van der Waals surface area contributed by atoms with Crippen LogP contribution in [0.2, 0.25) is 0 Å². The summed E-state index contributed by atoms with van der Waals surface area (Å²) in [5, 5.41) is 5.35. The van der Waals surface area contributed by atoms with Crippen molar-refractivity contribution in [2.75, 3.05) is 24.7 Å². The number of nitrogens with two attached hydrogens (primary N) is 2. The second-order valence-electron chi connectivity index (χ2n) is 5.89. The quantitative estimate of drug-likeness (QED) is 0.555. The fourth-order valence-corrected chi connectivity index (χ4v) is 3.11. The van der Waals surface area contributed by atoms with Gasteiger partial charge in [-0.05, 0) is 18.2 Å². The molecule has 0 amide bonds. The van der Waals surface area contributed by atoms with E-state index in [0.29, 0.717) is 53.4 Å². The Morgan fingerprint density at radius 3 is 2.85 bits per heavy atom. The molecule has 0 atom stereocenters. The van der Waals surface area contributed by atoms with Gasteiger partial charge in [-0.3, -0.25) is 0 Å². The Labute approximate surface area is 146 Å². The Bertz CT molecular complexity index is 1110. The van der Waals surface area contributed by atoms with Crippen molar-refractivity contribution < 1.29 is 13.9 Å². The van der Waals surface area contributed by atoms with Gasteiger partial charge < -0.3 is 25.4 Å². The highest BCUT2D eigenvalue weighted by Gasteiger charge is 2.22. The molecule has 0 saturated carbocycles. The number of nitrogen functional groups attached to an aromatic ring is 2. The molecule has 0 unspecified atom stereocenters. The number of benzene rings is 1. The van der Waals surface area contributed by atoms with Gasteiger partial charge in [-0.2, -0.15) is 10.1 Å². The van der Waals surface area contributed by atoms with Gasteiger partial charge in [-0.25, -0.2) is 14.6 Å². The van der Waals surface area contributed by atoms with Gasteiger partial charge >= 0.3 is 0 Å². The van der Waals surface area contributed by atoms with Crippen molar-refractivity contribution in [2.45, 2.75) is 12.8 Å². The molecule has 4 N–H and O–H groups in total. The maximum absolute atomic E-state index is 6.11. The molecule has 0 radical (unpaired) electrons. The first-order valence-electron chi connectivity index (χ1n) is 8.05. The third-order valence-corrected chi connectivity index (χ3v) is 4.25. The number of aromatic nitrogens is 5. The minimum Gasteiger partial charge on any atom is -0.424 e. The van der Waals surface area contributed by atoms with Crippen LogP contribution in [0.15, 0.2) is 28.9 Å². The molecule has 10 heteroatoms. The van der Waals surface area contributed by atoms with Crippen LogP contribution in [-0.2, 0) is 16.0 Å². The molecule has 26 heavy (non-hydrogen) atoms. The Kier molecular flexibility index (Phi) is 3.27. The Morgan fingerprint density at radius 1 is 1.15 bits per heavy atom. The van der Waals surface area contributed by atoms with E-state index in [1.54, 1.807) is 10.7 Å². The monoisotopic (exact) mass is 353 g/mol. The van der Waals surface area contributed by atoms with Gasteiger partial charge in [0.1, 0.15) is 23.4 Å². The van der Waals surface area contributed by atoms with Crippen molar-refractivity contribution in [1.82, 2.24) is 24.7 Å². The summed E-state index contributed by atoms with van der Waals surface area (Å²) >= 11 is 0. The van der Waals surface area contributed by atoms with Crippen molar-refractivity contribution in [2.24, 2.45) is 0 Å². The smallest absolute Gasteiger partial charge is 0.292 e. The first-order valence-corrected chi connectivity index (χ1v) is 8.05. The molecule has 10 nitrogen and oxygen atoms in total. The molecule has 4 heterocycles. The van der Waals surface area contributed by atoms with Gasteiger partial charge in [0.2, 0.25) is 0 Å². The van der Waals surface area contributed by atoms with Gasteiger partial charge in [0.05, 0.1) is 25.1 Å². The number of fused-ring (bicyclic) bond motifs is 2. The standard InChI is InChI=1S/C16H15N7O3/c17-14-12-13(8-1-2-10-9(5-8)21-16(18)26-10)22-23(15(12)20-7-19-14)6-11-24-3-4-25-11/h1-2,5,7,11H,3-4,6H2,(H2,18,21)(H2,17,19,20). The van der Waals surface area contributed by atoms with Gasteiger partial charge in [0.25, 0.3) is 6.01 Å². The lowest BCUT2D eigenvalue weighted by molar-refractivity contribution is -0.0538. The van der Waals surface area contributed by atoms with Crippen LogP contribution in [0.4, 0.5) is 11.8 Å². The highest BCUT2D eigenvalue weighted by molar-refractivity contribution is 5.99. The van der Waals surface area contributed by atoms with E-state index in [1.807, 2.05) is 12.1 Å². The topological polar surface area (TPSA) is 140 Å². The molecular formula is C16H15N7O3. The van der Waals surface area contributed by atoms with Crippen molar-refractivity contribution in [3.8, 4) is 11.3 Å². The summed E-state index contributed by atoms with van der Waals surface area (Å²) in [6.45, 7) is 1.54. The average molecular weight is 353 g/mol. The van der Waals surface area contributed by atoms with Crippen molar-refractivity contribution in [3.63, 3.8) is 0 Å². The zero-order valence-corrected chi connectivity index (χ0v) is 13.6. The van der Waals surface area contributed by atoms with Gasteiger partial charge in [-0.1, -0.05) is 0 Å². The molecule has 4 aromatic rings. The van der Waals surface area contributed by atoms with Crippen LogP contribution in [0.25, 0.3) is 33.4 Å². The number of oxazole rings is 1. The molecule has 1 saturated heterocycles. The fourth-order valence-electron chi connectivity index (χ4n) is 3.11. The van der Waals surface area contributed by atoms with Crippen molar-refractivity contribution >= 4 is 34.0 Å². The Hall–Kier alpha value is -3.24. The van der Waals surface area contributed by atoms with E-state index >= 15 is 0 Å². The fraction of sp³-hybridized carbons (Fsp3) is 0.250. The molecule has 0 bridgehead atoms. The average Bonchev–Trinajstić information content (AvgIpc) is 3.33. The Morgan fingerprint density at radius 2 is 2.00 bits per heavy atom. The SMILES string of the molecule is Nc1nc2cc(-c3nn(CC4OCCO4)c4ncnc(N)c34)ccc2o1. The molecule has 1 fully saturated rings. The van der Waals surface area contributed by atoms with Crippen LogP contribution in [0.3, 0.4) is 0 Å². The zero-order chi connectivity index (χ0) is 17.7. The van der Waals surface area contributed by atoms with E-state index in [0.717, 1.165) is 5.56 Å². The summed E-state index contributed by atoms with van der Waals surface area (Å²) in [4.78, 5) is 12.6.